The Labute approximate surface area is 139 Å². The van der Waals surface area contributed by atoms with Crippen LogP contribution < -0.4 is 19.5 Å². The highest BCUT2D eigenvalue weighted by Gasteiger charge is 2.13. The van der Waals surface area contributed by atoms with Gasteiger partial charge < -0.3 is 14.8 Å². The Morgan fingerprint density at radius 1 is 1.09 bits per heavy atom. The molecule has 132 valence electrons. The lowest BCUT2D eigenvalue weighted by atomic mass is 10.1. The normalized spacial score (nSPS) is 13.1. The molecule has 0 saturated carbocycles. The summed E-state index contributed by atoms with van der Waals surface area (Å²) >= 11 is 0. The largest absolute Gasteiger partial charge is 0.493 e. The van der Waals surface area contributed by atoms with Crippen LogP contribution in [0.1, 0.15) is 26.3 Å². The Bertz CT molecular complexity index is 588. The Hall–Kier alpha value is -1.31. The molecule has 1 rings (SSSR count). The van der Waals surface area contributed by atoms with Gasteiger partial charge in [-0.25, -0.2) is 13.1 Å². The van der Waals surface area contributed by atoms with Crippen LogP contribution in [0.4, 0.5) is 0 Å². The molecule has 6 nitrogen and oxygen atoms in total. The van der Waals surface area contributed by atoms with E-state index >= 15 is 0 Å². The van der Waals surface area contributed by atoms with Gasteiger partial charge in [-0.15, -0.1) is 0 Å². The molecule has 0 radical (unpaired) electrons. The standard InChI is InChI=1S/C16H28N2O4S/c1-12(2)18-23(19,20)9-8-17-13(3)10-14-6-7-15(21-4)16(11-14)22-5/h6-7,11-13,17-18H,8-10H2,1-5H3. The van der Waals surface area contributed by atoms with Crippen molar-refractivity contribution in [1.29, 1.82) is 0 Å². The number of methoxy groups -OCH3 is 2. The van der Waals surface area contributed by atoms with Crippen molar-refractivity contribution in [3.05, 3.63) is 23.8 Å². The maximum atomic E-state index is 11.8. The van der Waals surface area contributed by atoms with E-state index in [4.69, 9.17) is 9.47 Å². The number of rotatable bonds is 10. The number of ether oxygens (including phenoxy) is 2. The molecule has 0 heterocycles. The minimum Gasteiger partial charge on any atom is -0.493 e. The minimum absolute atomic E-state index is 0.0709. The second-order valence-electron chi connectivity index (χ2n) is 5.84. The Kier molecular flexibility index (Phi) is 7.81. The number of sulfonamides is 1. The average molecular weight is 344 g/mol. The first-order chi connectivity index (χ1) is 10.8. The molecule has 0 aliphatic carbocycles. The molecule has 0 aromatic heterocycles. The van der Waals surface area contributed by atoms with E-state index in [1.54, 1.807) is 14.2 Å². The lowest BCUT2D eigenvalue weighted by Gasteiger charge is -2.16. The Morgan fingerprint density at radius 2 is 1.74 bits per heavy atom. The molecule has 7 heteroatoms. The molecule has 0 aliphatic rings. The van der Waals surface area contributed by atoms with E-state index in [2.05, 4.69) is 10.0 Å². The lowest BCUT2D eigenvalue weighted by Crippen LogP contribution is -2.38. The number of hydrogen-bond acceptors (Lipinski definition) is 5. The number of nitrogens with one attached hydrogen (secondary N) is 2. The van der Waals surface area contributed by atoms with Gasteiger partial charge in [-0.05, 0) is 44.9 Å². The molecule has 0 fully saturated rings. The molecule has 0 amide bonds. The SMILES string of the molecule is COc1ccc(CC(C)NCCS(=O)(=O)NC(C)C)cc1OC. The molecule has 1 atom stereocenters. The van der Waals surface area contributed by atoms with Crippen LogP contribution in [-0.4, -0.2) is 47.0 Å². The molecule has 1 unspecified atom stereocenters. The van der Waals surface area contributed by atoms with Crippen LogP contribution in [0, 0.1) is 0 Å². The van der Waals surface area contributed by atoms with Crippen molar-refractivity contribution in [2.24, 2.45) is 0 Å². The molecule has 1 aromatic carbocycles. The summed E-state index contributed by atoms with van der Waals surface area (Å²) in [5, 5.41) is 3.24. The summed E-state index contributed by atoms with van der Waals surface area (Å²) in [5.41, 5.74) is 1.10. The van der Waals surface area contributed by atoms with Crippen LogP contribution in [0.2, 0.25) is 0 Å². The van der Waals surface area contributed by atoms with Gasteiger partial charge in [0, 0.05) is 18.6 Å². The highest BCUT2D eigenvalue weighted by Crippen LogP contribution is 2.27. The van der Waals surface area contributed by atoms with Crippen LogP contribution in [-0.2, 0) is 16.4 Å². The second-order valence-corrected chi connectivity index (χ2v) is 7.71. The first kappa shape index (κ1) is 19.7. The van der Waals surface area contributed by atoms with Gasteiger partial charge in [0.15, 0.2) is 11.5 Å². The van der Waals surface area contributed by atoms with Gasteiger partial charge in [0.05, 0.1) is 20.0 Å². The Balaban J connectivity index is 2.49. The minimum atomic E-state index is -3.22. The van der Waals surface area contributed by atoms with Crippen LogP contribution >= 0.6 is 0 Å². The van der Waals surface area contributed by atoms with Crippen LogP contribution in [0.5, 0.6) is 11.5 Å². The predicted molar refractivity (Wildman–Crippen MR) is 92.8 cm³/mol. The van der Waals surface area contributed by atoms with Gasteiger partial charge in [0.2, 0.25) is 10.0 Å². The fraction of sp³-hybridized carbons (Fsp3) is 0.625. The zero-order valence-corrected chi connectivity index (χ0v) is 15.4. The third-order valence-electron chi connectivity index (χ3n) is 3.27. The quantitative estimate of drug-likeness (QED) is 0.673. The van der Waals surface area contributed by atoms with Crippen molar-refractivity contribution >= 4 is 10.0 Å². The average Bonchev–Trinajstić information content (AvgIpc) is 2.45. The lowest BCUT2D eigenvalue weighted by molar-refractivity contribution is 0.354. The van der Waals surface area contributed by atoms with E-state index in [-0.39, 0.29) is 17.8 Å². The van der Waals surface area contributed by atoms with Gasteiger partial charge in [0.1, 0.15) is 0 Å². The predicted octanol–water partition coefficient (Wildman–Crippen LogP) is 1.55. The fourth-order valence-corrected chi connectivity index (χ4v) is 3.51. The smallest absolute Gasteiger partial charge is 0.213 e. The monoisotopic (exact) mass is 344 g/mol. The first-order valence-electron chi connectivity index (χ1n) is 7.71. The molecular formula is C16H28N2O4S. The van der Waals surface area contributed by atoms with Crippen LogP contribution in [0.15, 0.2) is 18.2 Å². The van der Waals surface area contributed by atoms with Gasteiger partial charge in [0.25, 0.3) is 0 Å². The second kappa shape index (κ2) is 9.10. The molecule has 23 heavy (non-hydrogen) atoms. The van der Waals surface area contributed by atoms with Crippen molar-refractivity contribution < 1.29 is 17.9 Å². The highest BCUT2D eigenvalue weighted by molar-refractivity contribution is 7.89. The molecule has 0 spiro atoms. The maximum absolute atomic E-state index is 11.8. The highest BCUT2D eigenvalue weighted by atomic mass is 32.2. The Morgan fingerprint density at radius 3 is 2.30 bits per heavy atom. The summed E-state index contributed by atoms with van der Waals surface area (Å²) in [6.45, 7) is 6.06. The van der Waals surface area contributed by atoms with Gasteiger partial charge in [-0.2, -0.15) is 0 Å². The van der Waals surface area contributed by atoms with E-state index in [0.29, 0.717) is 18.0 Å². The van der Waals surface area contributed by atoms with E-state index in [9.17, 15) is 8.42 Å². The third-order valence-corrected chi connectivity index (χ3v) is 4.84. The summed E-state index contributed by atoms with van der Waals surface area (Å²) in [5.74, 6) is 1.46. The van der Waals surface area contributed by atoms with Crippen molar-refractivity contribution in [2.45, 2.75) is 39.3 Å². The van der Waals surface area contributed by atoms with Crippen molar-refractivity contribution in [3.8, 4) is 11.5 Å². The molecule has 1 aromatic rings. The van der Waals surface area contributed by atoms with Gasteiger partial charge >= 0.3 is 0 Å². The summed E-state index contributed by atoms with van der Waals surface area (Å²) in [7, 11) is -0.00653. The van der Waals surface area contributed by atoms with Crippen LogP contribution in [0.25, 0.3) is 0 Å². The van der Waals surface area contributed by atoms with Crippen molar-refractivity contribution in [1.82, 2.24) is 10.0 Å². The first-order valence-corrected chi connectivity index (χ1v) is 9.37. The molecule has 0 saturated heterocycles. The molecule has 0 aliphatic heterocycles. The molecular weight excluding hydrogens is 316 g/mol. The van der Waals surface area contributed by atoms with E-state index in [0.717, 1.165) is 12.0 Å². The number of hydrogen-bond donors (Lipinski definition) is 2. The summed E-state index contributed by atoms with van der Waals surface area (Å²) in [6, 6.07) is 5.87. The fourth-order valence-electron chi connectivity index (χ4n) is 2.29. The summed E-state index contributed by atoms with van der Waals surface area (Å²) < 4.78 is 36.6. The van der Waals surface area contributed by atoms with E-state index < -0.39 is 10.0 Å². The van der Waals surface area contributed by atoms with Crippen molar-refractivity contribution in [3.63, 3.8) is 0 Å². The number of benzene rings is 1. The topological polar surface area (TPSA) is 76.7 Å². The van der Waals surface area contributed by atoms with Crippen LogP contribution in [0.3, 0.4) is 0 Å². The third kappa shape index (κ3) is 7.20. The molecule has 0 bridgehead atoms. The maximum Gasteiger partial charge on any atom is 0.213 e. The summed E-state index contributed by atoms with van der Waals surface area (Å²) in [6.07, 6.45) is 0.776. The zero-order valence-electron chi connectivity index (χ0n) is 14.5. The van der Waals surface area contributed by atoms with E-state index in [1.807, 2.05) is 39.0 Å². The van der Waals surface area contributed by atoms with Crippen molar-refractivity contribution in [2.75, 3.05) is 26.5 Å². The van der Waals surface area contributed by atoms with E-state index in [1.165, 1.54) is 0 Å². The zero-order chi connectivity index (χ0) is 17.5. The summed E-state index contributed by atoms with van der Waals surface area (Å²) in [4.78, 5) is 0. The molecule has 2 N–H and O–H groups in total. The van der Waals surface area contributed by atoms with Gasteiger partial charge in [-0.3, -0.25) is 0 Å². The van der Waals surface area contributed by atoms with Gasteiger partial charge in [-0.1, -0.05) is 6.07 Å².